The molecule has 2 heterocycles. The molecule has 0 aromatic rings. The lowest BCUT2D eigenvalue weighted by molar-refractivity contribution is -0.359. The van der Waals surface area contributed by atoms with Crippen LogP contribution in [0.25, 0.3) is 0 Å². The van der Waals surface area contributed by atoms with E-state index in [1.165, 1.54) is 231 Å². The minimum Gasteiger partial charge on any atom is -0.394 e. The molecular weight excluding hydrogens is 1050 g/mol. The van der Waals surface area contributed by atoms with Crippen LogP contribution in [-0.2, 0) is 23.7 Å². The Balaban J connectivity index is 1.59. The molecule has 0 saturated carbocycles. The molecule has 14 nitrogen and oxygen atoms in total. The molecule has 2 aliphatic rings. The highest BCUT2D eigenvalue weighted by Gasteiger charge is 2.51. The number of carbonyl (C=O) groups excluding carboxylic acids is 1. The molecule has 2 fully saturated rings. The van der Waals surface area contributed by atoms with Crippen LogP contribution in [-0.4, -0.2) is 140 Å². The molecule has 0 radical (unpaired) electrons. The SMILES string of the molecule is CCCCCCC/C=C\C/C=C\CCCCCCCCCCCCCCCCCCCCCCCCCC(=O)NC(COC1OC(CO)C(OC2OC(CO)C(O)C(O)C2O)C(O)C1O)C(O)/C=C/CCCCCCCCCCCCCC. The molecule has 9 N–H and O–H groups in total. The number of unbranched alkanes of at least 4 members (excludes halogenated alkanes) is 40. The third-order valence-corrected chi connectivity index (χ3v) is 17.1. The zero-order valence-corrected chi connectivity index (χ0v) is 53.0. The van der Waals surface area contributed by atoms with E-state index in [4.69, 9.17) is 18.9 Å². The molecule has 1 amide bonds. The zero-order chi connectivity index (χ0) is 60.2. The average molecular weight is 1180 g/mol. The molecule has 2 aliphatic heterocycles. The van der Waals surface area contributed by atoms with Crippen molar-refractivity contribution >= 4 is 5.91 Å². The van der Waals surface area contributed by atoms with Crippen molar-refractivity contribution in [3.63, 3.8) is 0 Å². The number of amides is 1. The summed E-state index contributed by atoms with van der Waals surface area (Å²) in [6.07, 6.45) is 52.2. The van der Waals surface area contributed by atoms with Crippen LogP contribution in [0.15, 0.2) is 36.5 Å². The molecule has 12 unspecified atom stereocenters. The maximum Gasteiger partial charge on any atom is 0.220 e. The standard InChI is InChI=1S/C69H129NO13/c1-3-5-7-9-11-13-15-17-19-20-21-22-23-24-25-26-27-28-29-30-31-32-33-34-35-36-37-38-39-41-43-45-47-49-51-53-61(74)70-57(58(73)52-50-48-46-44-42-40-18-16-14-12-10-8-6-4-2)56-80-68-66(79)64(77)67(60(55-72)82-68)83-69-65(78)63(76)62(75)59(54-71)81-69/h15,17,20-21,50,52,57-60,62-69,71-73,75-79H,3-14,16,18-19,22-49,51,53-56H2,1-2H3,(H,70,74)/b17-15-,21-20-,52-50+. The van der Waals surface area contributed by atoms with Gasteiger partial charge in [0.05, 0.1) is 32.0 Å². The summed E-state index contributed by atoms with van der Waals surface area (Å²) in [6.45, 7) is 2.81. The maximum absolute atomic E-state index is 13.3. The molecule has 2 rings (SSSR count). The van der Waals surface area contributed by atoms with Crippen molar-refractivity contribution in [1.82, 2.24) is 5.32 Å². The third-order valence-electron chi connectivity index (χ3n) is 17.1. The van der Waals surface area contributed by atoms with Gasteiger partial charge in [-0.05, 0) is 51.4 Å². The summed E-state index contributed by atoms with van der Waals surface area (Å²) in [6, 6.07) is -0.912. The largest absolute Gasteiger partial charge is 0.394 e. The van der Waals surface area contributed by atoms with Crippen LogP contribution in [0.2, 0.25) is 0 Å². The number of allylic oxidation sites excluding steroid dienone is 5. The van der Waals surface area contributed by atoms with Gasteiger partial charge in [-0.3, -0.25) is 4.79 Å². The van der Waals surface area contributed by atoms with Gasteiger partial charge in [0.15, 0.2) is 12.6 Å². The topological polar surface area (TPSA) is 228 Å². The van der Waals surface area contributed by atoms with Crippen molar-refractivity contribution in [1.29, 1.82) is 0 Å². The van der Waals surface area contributed by atoms with Gasteiger partial charge < -0.3 is 65.1 Å². The average Bonchev–Trinajstić information content (AvgIpc) is 3.64. The summed E-state index contributed by atoms with van der Waals surface area (Å²) in [7, 11) is 0. The fourth-order valence-electron chi connectivity index (χ4n) is 11.5. The van der Waals surface area contributed by atoms with E-state index in [0.717, 1.165) is 44.9 Å². The number of rotatable bonds is 57. The van der Waals surface area contributed by atoms with E-state index in [9.17, 15) is 45.6 Å². The van der Waals surface area contributed by atoms with Crippen molar-refractivity contribution in [3.05, 3.63) is 36.5 Å². The first-order chi connectivity index (χ1) is 40.6. The van der Waals surface area contributed by atoms with Crippen molar-refractivity contribution in [2.45, 2.75) is 376 Å². The van der Waals surface area contributed by atoms with E-state index in [1.54, 1.807) is 6.08 Å². The van der Waals surface area contributed by atoms with Gasteiger partial charge in [0.2, 0.25) is 5.91 Å². The molecule has 2 saturated heterocycles. The van der Waals surface area contributed by atoms with E-state index in [-0.39, 0.29) is 18.9 Å². The van der Waals surface area contributed by atoms with Crippen molar-refractivity contribution in [2.24, 2.45) is 0 Å². The molecule has 0 aliphatic carbocycles. The zero-order valence-electron chi connectivity index (χ0n) is 53.0. The molecule has 488 valence electrons. The van der Waals surface area contributed by atoms with E-state index in [1.807, 2.05) is 6.08 Å². The lowest BCUT2D eigenvalue weighted by Gasteiger charge is -2.46. The van der Waals surface area contributed by atoms with Gasteiger partial charge >= 0.3 is 0 Å². The van der Waals surface area contributed by atoms with E-state index >= 15 is 0 Å². The summed E-state index contributed by atoms with van der Waals surface area (Å²) in [5.41, 5.74) is 0. The normalized spacial score (nSPS) is 24.0. The summed E-state index contributed by atoms with van der Waals surface area (Å²) in [5.74, 6) is -0.234. The van der Waals surface area contributed by atoms with Gasteiger partial charge in [-0.25, -0.2) is 0 Å². The summed E-state index contributed by atoms with van der Waals surface area (Å²) in [4.78, 5) is 13.3. The molecule has 12 atom stereocenters. The predicted octanol–water partition coefficient (Wildman–Crippen LogP) is 13.7. The van der Waals surface area contributed by atoms with Crippen LogP contribution in [0.1, 0.15) is 303 Å². The second kappa shape index (κ2) is 54.4. The van der Waals surface area contributed by atoms with Gasteiger partial charge in [-0.15, -0.1) is 0 Å². The minimum atomic E-state index is -1.79. The van der Waals surface area contributed by atoms with Crippen molar-refractivity contribution in [2.75, 3.05) is 19.8 Å². The Labute approximate surface area is 506 Å². The maximum atomic E-state index is 13.3. The van der Waals surface area contributed by atoms with E-state index in [2.05, 4.69) is 43.5 Å². The highest BCUT2D eigenvalue weighted by atomic mass is 16.7. The number of ether oxygens (including phenoxy) is 4. The lowest BCUT2D eigenvalue weighted by Crippen LogP contribution is -2.65. The van der Waals surface area contributed by atoms with Crippen LogP contribution in [0, 0.1) is 0 Å². The van der Waals surface area contributed by atoms with Crippen molar-refractivity contribution in [3.8, 4) is 0 Å². The Kier molecular flexibility index (Phi) is 50.6. The van der Waals surface area contributed by atoms with Gasteiger partial charge in [0.1, 0.15) is 48.8 Å². The number of aliphatic hydroxyl groups is 8. The van der Waals surface area contributed by atoms with Gasteiger partial charge in [0, 0.05) is 6.42 Å². The predicted molar refractivity (Wildman–Crippen MR) is 337 cm³/mol. The number of aliphatic hydroxyl groups excluding tert-OH is 8. The second-order valence-corrected chi connectivity index (χ2v) is 24.7. The number of hydrogen-bond donors (Lipinski definition) is 9. The molecule has 83 heavy (non-hydrogen) atoms. The molecule has 0 spiro atoms. The minimum absolute atomic E-state index is 0.234. The monoisotopic (exact) mass is 1180 g/mol. The molecular formula is C69H129NO13. The van der Waals surface area contributed by atoms with Crippen LogP contribution in [0.3, 0.4) is 0 Å². The van der Waals surface area contributed by atoms with Crippen LogP contribution < -0.4 is 5.32 Å². The molecule has 0 aromatic carbocycles. The first-order valence-corrected chi connectivity index (χ1v) is 34.7. The summed E-state index contributed by atoms with van der Waals surface area (Å²) in [5, 5.41) is 87.2. The number of nitrogens with one attached hydrogen (secondary N) is 1. The quantitative estimate of drug-likeness (QED) is 0.0204. The van der Waals surface area contributed by atoms with E-state index in [0.29, 0.717) is 6.42 Å². The highest BCUT2D eigenvalue weighted by Crippen LogP contribution is 2.30. The van der Waals surface area contributed by atoms with Crippen molar-refractivity contribution < 1.29 is 64.6 Å². The van der Waals surface area contributed by atoms with Gasteiger partial charge in [-0.1, -0.05) is 281 Å². The fourth-order valence-corrected chi connectivity index (χ4v) is 11.5. The smallest absolute Gasteiger partial charge is 0.220 e. The Morgan fingerprint density at radius 1 is 0.434 bits per heavy atom. The Morgan fingerprint density at radius 2 is 0.795 bits per heavy atom. The second-order valence-electron chi connectivity index (χ2n) is 24.7. The summed E-state index contributed by atoms with van der Waals surface area (Å²) < 4.78 is 22.8. The summed E-state index contributed by atoms with van der Waals surface area (Å²) >= 11 is 0. The van der Waals surface area contributed by atoms with Gasteiger partial charge in [-0.2, -0.15) is 0 Å². The first kappa shape index (κ1) is 77.3. The Morgan fingerprint density at radius 3 is 1.20 bits per heavy atom. The van der Waals surface area contributed by atoms with E-state index < -0.39 is 86.8 Å². The lowest BCUT2D eigenvalue weighted by atomic mass is 9.97. The van der Waals surface area contributed by atoms with Gasteiger partial charge in [0.25, 0.3) is 0 Å². The van der Waals surface area contributed by atoms with Crippen LogP contribution >= 0.6 is 0 Å². The fraction of sp³-hybridized carbons (Fsp3) is 0.899. The number of carbonyl (C=O) groups is 1. The van der Waals surface area contributed by atoms with Crippen LogP contribution in [0.5, 0.6) is 0 Å². The third kappa shape index (κ3) is 39.0. The highest BCUT2D eigenvalue weighted by molar-refractivity contribution is 5.76. The molecule has 14 heteroatoms. The number of hydrogen-bond acceptors (Lipinski definition) is 13. The van der Waals surface area contributed by atoms with Crippen LogP contribution in [0.4, 0.5) is 0 Å². The molecule has 0 bridgehead atoms. The Bertz CT molecular complexity index is 1530. The Hall–Kier alpha value is -1.79. The molecule has 0 aromatic heterocycles. The first-order valence-electron chi connectivity index (χ1n) is 34.7.